The van der Waals surface area contributed by atoms with Gasteiger partial charge in [-0.05, 0) is 92.6 Å². The molecule has 1 atom stereocenters. The van der Waals surface area contributed by atoms with Crippen molar-refractivity contribution < 1.29 is 18.7 Å². The molecule has 1 heterocycles. The topological polar surface area (TPSA) is 92.6 Å². The van der Waals surface area contributed by atoms with Crippen LogP contribution >= 0.6 is 12.2 Å². The van der Waals surface area contributed by atoms with E-state index in [4.69, 9.17) is 21.4 Å². The van der Waals surface area contributed by atoms with Crippen molar-refractivity contribution in [1.82, 2.24) is 5.32 Å². The minimum absolute atomic E-state index is 0.106. The average molecular weight is 502 g/mol. The van der Waals surface area contributed by atoms with Gasteiger partial charge in [-0.3, -0.25) is 14.9 Å². The van der Waals surface area contributed by atoms with Crippen molar-refractivity contribution in [3.8, 4) is 5.75 Å². The lowest BCUT2D eigenvalue weighted by Crippen LogP contribution is -2.34. The van der Waals surface area contributed by atoms with Crippen molar-refractivity contribution in [3.63, 3.8) is 0 Å². The molecule has 0 aliphatic heterocycles. The molecule has 0 fully saturated rings. The van der Waals surface area contributed by atoms with Crippen LogP contribution in [0.25, 0.3) is 11.0 Å². The second-order valence-electron chi connectivity index (χ2n) is 8.40. The van der Waals surface area contributed by atoms with Gasteiger partial charge in [-0.2, -0.15) is 0 Å². The van der Waals surface area contributed by atoms with Crippen molar-refractivity contribution >= 4 is 51.5 Å². The molecule has 1 aromatic heterocycles. The van der Waals surface area contributed by atoms with E-state index < -0.39 is 0 Å². The quantitative estimate of drug-likeness (QED) is 0.258. The number of furan rings is 1. The number of aryl methyl sites for hydroxylation is 1. The molecular weight excluding hydrogens is 474 g/mol. The third-order valence-corrected chi connectivity index (χ3v) is 5.84. The largest absolute Gasteiger partial charge is 0.491 e. The summed E-state index contributed by atoms with van der Waals surface area (Å²) >= 11 is 5.30. The molecule has 4 aromatic rings. The van der Waals surface area contributed by atoms with Gasteiger partial charge in [0.2, 0.25) is 0 Å². The summed E-state index contributed by atoms with van der Waals surface area (Å²) in [5.74, 6) is 0.290. The Bertz CT molecular complexity index is 1380. The van der Waals surface area contributed by atoms with Crippen LogP contribution in [0.5, 0.6) is 5.75 Å². The van der Waals surface area contributed by atoms with Crippen molar-refractivity contribution in [3.05, 3.63) is 89.7 Å². The third-order valence-electron chi connectivity index (χ3n) is 5.64. The molecule has 2 amide bonds. The van der Waals surface area contributed by atoms with E-state index >= 15 is 0 Å². The molecular formula is C28H27N3O4S. The van der Waals surface area contributed by atoms with Gasteiger partial charge >= 0.3 is 0 Å². The molecule has 4 rings (SSSR count). The van der Waals surface area contributed by atoms with E-state index in [1.165, 1.54) is 0 Å². The molecule has 0 spiro atoms. The van der Waals surface area contributed by atoms with E-state index in [1.807, 2.05) is 51.1 Å². The van der Waals surface area contributed by atoms with E-state index in [0.29, 0.717) is 28.3 Å². The van der Waals surface area contributed by atoms with E-state index in [0.717, 1.165) is 17.4 Å². The SMILES string of the molecule is CCC(C)Oc1ccc(C(=O)NC(=S)Nc2ccc(NC(=O)c3cc4ccccc4o3)c(C)c2)cc1. The van der Waals surface area contributed by atoms with Gasteiger partial charge in [-0.25, -0.2) is 0 Å². The van der Waals surface area contributed by atoms with Gasteiger partial charge in [0, 0.05) is 22.3 Å². The number of rotatable bonds is 7. The fourth-order valence-corrected chi connectivity index (χ4v) is 3.71. The number of ether oxygens (including phenoxy) is 1. The summed E-state index contributed by atoms with van der Waals surface area (Å²) in [7, 11) is 0. The lowest BCUT2D eigenvalue weighted by atomic mass is 10.1. The first kappa shape index (κ1) is 24.9. The van der Waals surface area contributed by atoms with E-state index in [1.54, 1.807) is 42.5 Å². The van der Waals surface area contributed by atoms with Gasteiger partial charge in [-0.1, -0.05) is 25.1 Å². The fraction of sp³-hybridized carbons (Fsp3) is 0.179. The molecule has 0 saturated heterocycles. The van der Waals surface area contributed by atoms with Crippen LogP contribution in [0.3, 0.4) is 0 Å². The second kappa shape index (κ2) is 11.0. The molecule has 0 bridgehead atoms. The maximum absolute atomic E-state index is 12.6. The normalized spacial score (nSPS) is 11.5. The molecule has 0 aliphatic carbocycles. The first-order chi connectivity index (χ1) is 17.3. The lowest BCUT2D eigenvalue weighted by molar-refractivity contribution is 0.0975. The Hall–Kier alpha value is -4.17. The van der Waals surface area contributed by atoms with Crippen LogP contribution in [-0.4, -0.2) is 23.0 Å². The van der Waals surface area contributed by atoms with E-state index in [-0.39, 0.29) is 28.8 Å². The van der Waals surface area contributed by atoms with Crippen LogP contribution in [0, 0.1) is 6.92 Å². The minimum Gasteiger partial charge on any atom is -0.491 e. The first-order valence-electron chi connectivity index (χ1n) is 11.6. The molecule has 36 heavy (non-hydrogen) atoms. The summed E-state index contributed by atoms with van der Waals surface area (Å²) in [4.78, 5) is 25.2. The monoisotopic (exact) mass is 501 g/mol. The Labute approximate surface area is 214 Å². The van der Waals surface area contributed by atoms with Crippen LogP contribution in [0.2, 0.25) is 0 Å². The fourth-order valence-electron chi connectivity index (χ4n) is 3.50. The summed E-state index contributed by atoms with van der Waals surface area (Å²) in [5, 5.41) is 9.58. The van der Waals surface area contributed by atoms with E-state index in [2.05, 4.69) is 16.0 Å². The number of nitrogens with one attached hydrogen (secondary N) is 3. The summed E-state index contributed by atoms with van der Waals surface area (Å²) < 4.78 is 11.4. The number of carbonyl (C=O) groups is 2. The standard InChI is InChI=1S/C28H27N3O4S/c1-4-18(3)34-22-12-9-19(10-13-22)26(32)31-28(36)29-21-11-14-23(17(2)15-21)30-27(33)25-16-20-7-5-6-8-24(20)35-25/h5-16,18H,4H2,1-3H3,(H,30,33)(H2,29,31,32,36). The Morgan fingerprint density at radius 3 is 2.42 bits per heavy atom. The highest BCUT2D eigenvalue weighted by molar-refractivity contribution is 7.80. The minimum atomic E-state index is -0.335. The van der Waals surface area contributed by atoms with Crippen molar-refractivity contribution in [2.45, 2.75) is 33.3 Å². The Kier molecular flexibility index (Phi) is 7.65. The highest BCUT2D eigenvalue weighted by Gasteiger charge is 2.14. The van der Waals surface area contributed by atoms with Gasteiger partial charge in [0.25, 0.3) is 11.8 Å². The number of carbonyl (C=O) groups excluding carboxylic acids is 2. The van der Waals surface area contributed by atoms with Gasteiger partial charge in [0.15, 0.2) is 10.9 Å². The summed E-state index contributed by atoms with van der Waals surface area (Å²) in [6.07, 6.45) is 1.01. The second-order valence-corrected chi connectivity index (χ2v) is 8.81. The average Bonchev–Trinajstić information content (AvgIpc) is 3.30. The van der Waals surface area contributed by atoms with Crippen molar-refractivity contribution in [2.24, 2.45) is 0 Å². The van der Waals surface area contributed by atoms with Gasteiger partial charge in [0.1, 0.15) is 11.3 Å². The molecule has 3 aromatic carbocycles. The third kappa shape index (κ3) is 6.09. The Morgan fingerprint density at radius 1 is 0.972 bits per heavy atom. The van der Waals surface area contributed by atoms with Crippen LogP contribution in [-0.2, 0) is 0 Å². The van der Waals surface area contributed by atoms with Gasteiger partial charge in [0.05, 0.1) is 6.10 Å². The highest BCUT2D eigenvalue weighted by atomic mass is 32.1. The molecule has 1 unspecified atom stereocenters. The zero-order valence-electron chi connectivity index (χ0n) is 20.3. The summed E-state index contributed by atoms with van der Waals surface area (Å²) in [6.45, 7) is 5.91. The number of fused-ring (bicyclic) bond motifs is 1. The number of amides is 2. The molecule has 0 aliphatic rings. The van der Waals surface area contributed by atoms with Gasteiger partial charge in [-0.15, -0.1) is 0 Å². The predicted molar refractivity (Wildman–Crippen MR) is 146 cm³/mol. The van der Waals surface area contributed by atoms with Gasteiger partial charge < -0.3 is 19.8 Å². The van der Waals surface area contributed by atoms with Crippen LogP contribution in [0.15, 0.2) is 77.2 Å². The number of anilines is 2. The highest BCUT2D eigenvalue weighted by Crippen LogP contribution is 2.23. The van der Waals surface area contributed by atoms with E-state index in [9.17, 15) is 9.59 Å². The zero-order valence-corrected chi connectivity index (χ0v) is 21.1. The van der Waals surface area contributed by atoms with Crippen molar-refractivity contribution in [1.29, 1.82) is 0 Å². The lowest BCUT2D eigenvalue weighted by Gasteiger charge is -2.14. The molecule has 3 N–H and O–H groups in total. The number of benzene rings is 3. The predicted octanol–water partition coefficient (Wildman–Crippen LogP) is 6.30. The zero-order chi connectivity index (χ0) is 25.7. The molecule has 0 radical (unpaired) electrons. The van der Waals surface area contributed by atoms with Crippen LogP contribution in [0.4, 0.5) is 11.4 Å². The first-order valence-corrected chi connectivity index (χ1v) is 12.0. The molecule has 0 saturated carbocycles. The number of hydrogen-bond donors (Lipinski definition) is 3. The molecule has 8 heteroatoms. The van der Waals surface area contributed by atoms with Crippen molar-refractivity contribution in [2.75, 3.05) is 10.6 Å². The Balaban J connectivity index is 1.33. The smallest absolute Gasteiger partial charge is 0.291 e. The number of hydrogen-bond acceptors (Lipinski definition) is 5. The van der Waals surface area contributed by atoms with Crippen LogP contribution in [0.1, 0.15) is 46.7 Å². The maximum Gasteiger partial charge on any atom is 0.291 e. The summed E-state index contributed by atoms with van der Waals surface area (Å²) in [6, 6.07) is 21.4. The maximum atomic E-state index is 12.6. The number of thiocarbonyl (C=S) groups is 1. The number of para-hydroxylation sites is 1. The molecule has 184 valence electrons. The summed E-state index contributed by atoms with van der Waals surface area (Å²) in [5.41, 5.74) is 3.26. The van der Waals surface area contributed by atoms with Crippen LogP contribution < -0.4 is 20.7 Å². The Morgan fingerprint density at radius 2 is 1.72 bits per heavy atom. The molecule has 7 nitrogen and oxygen atoms in total.